The predicted molar refractivity (Wildman–Crippen MR) is 68.2 cm³/mol. The number of rotatable bonds is 1. The van der Waals surface area contributed by atoms with E-state index in [2.05, 4.69) is 40.8 Å². The van der Waals surface area contributed by atoms with Gasteiger partial charge in [-0.2, -0.15) is 5.26 Å². The Labute approximate surface area is 103 Å². The Kier molecular flexibility index (Phi) is 2.93. The molecule has 0 spiro atoms. The Morgan fingerprint density at radius 1 is 1.38 bits per heavy atom. The Morgan fingerprint density at radius 3 is 2.75 bits per heavy atom. The Balaban J connectivity index is 2.85. The summed E-state index contributed by atoms with van der Waals surface area (Å²) in [5, 5.41) is 10.1. The van der Waals surface area contributed by atoms with Gasteiger partial charge in [-0.1, -0.05) is 35.8 Å². The zero-order valence-electron chi connectivity index (χ0n) is 9.16. The van der Waals surface area contributed by atoms with Gasteiger partial charge in [-0.3, -0.25) is 4.98 Å². The van der Waals surface area contributed by atoms with E-state index in [9.17, 15) is 0 Å². The van der Waals surface area contributed by atoms with Crippen molar-refractivity contribution in [2.45, 2.75) is 19.8 Å². The van der Waals surface area contributed by atoms with E-state index in [-0.39, 0.29) is 0 Å². The van der Waals surface area contributed by atoms with Crippen LogP contribution in [0.3, 0.4) is 0 Å². The lowest BCUT2D eigenvalue weighted by Crippen LogP contribution is -1.96. The van der Waals surface area contributed by atoms with Gasteiger partial charge in [0.15, 0.2) is 0 Å². The Hall–Kier alpha value is -1.40. The fourth-order valence-corrected chi connectivity index (χ4v) is 2.25. The molecule has 0 fully saturated rings. The number of aromatic nitrogens is 1. The summed E-state index contributed by atoms with van der Waals surface area (Å²) < 4.78 is 1.01. The molecule has 0 saturated carbocycles. The third-order valence-electron chi connectivity index (χ3n) is 2.57. The summed E-state index contributed by atoms with van der Waals surface area (Å²) in [6, 6.07) is 8.18. The number of benzene rings is 1. The number of fused-ring (bicyclic) bond motifs is 1. The van der Waals surface area contributed by atoms with Gasteiger partial charge in [-0.05, 0) is 23.6 Å². The molecule has 2 rings (SSSR count). The predicted octanol–water partition coefficient (Wildman–Crippen LogP) is 3.99. The largest absolute Gasteiger partial charge is 0.255 e. The van der Waals surface area contributed by atoms with Crippen LogP contribution >= 0.6 is 15.9 Å². The minimum Gasteiger partial charge on any atom is -0.255 e. The summed E-state index contributed by atoms with van der Waals surface area (Å²) in [4.78, 5) is 4.30. The molecular formula is C13H11BrN2. The normalized spacial score (nSPS) is 10.7. The SMILES string of the molecule is CC(C)c1c(C#N)cnc2cc(Br)ccc12. The zero-order valence-corrected chi connectivity index (χ0v) is 10.7. The van der Waals surface area contributed by atoms with Crippen molar-refractivity contribution in [2.75, 3.05) is 0 Å². The van der Waals surface area contributed by atoms with E-state index in [0.717, 1.165) is 20.9 Å². The monoisotopic (exact) mass is 274 g/mol. The highest BCUT2D eigenvalue weighted by atomic mass is 79.9. The third kappa shape index (κ3) is 1.81. The summed E-state index contributed by atoms with van der Waals surface area (Å²) >= 11 is 3.42. The van der Waals surface area contributed by atoms with Crippen molar-refractivity contribution in [1.82, 2.24) is 4.98 Å². The highest BCUT2D eigenvalue weighted by Gasteiger charge is 2.11. The molecular weight excluding hydrogens is 264 g/mol. The van der Waals surface area contributed by atoms with Crippen LogP contribution in [0.5, 0.6) is 0 Å². The zero-order chi connectivity index (χ0) is 11.7. The van der Waals surface area contributed by atoms with Crippen LogP contribution in [0.1, 0.15) is 30.9 Å². The van der Waals surface area contributed by atoms with Gasteiger partial charge in [0.1, 0.15) is 6.07 Å². The van der Waals surface area contributed by atoms with Crippen LogP contribution in [0.4, 0.5) is 0 Å². The first-order valence-corrected chi connectivity index (χ1v) is 5.91. The first-order valence-electron chi connectivity index (χ1n) is 5.11. The smallest absolute Gasteiger partial charge is 0.101 e. The quantitative estimate of drug-likeness (QED) is 0.788. The van der Waals surface area contributed by atoms with E-state index in [1.807, 2.05) is 18.2 Å². The molecule has 0 aliphatic carbocycles. The maximum atomic E-state index is 9.08. The van der Waals surface area contributed by atoms with Crippen molar-refractivity contribution in [2.24, 2.45) is 0 Å². The van der Waals surface area contributed by atoms with Crippen LogP contribution in [-0.2, 0) is 0 Å². The van der Waals surface area contributed by atoms with Crippen LogP contribution < -0.4 is 0 Å². The van der Waals surface area contributed by atoms with Gasteiger partial charge in [0.2, 0.25) is 0 Å². The molecule has 0 aliphatic rings. The number of nitriles is 1. The van der Waals surface area contributed by atoms with Crippen molar-refractivity contribution < 1.29 is 0 Å². The molecule has 0 atom stereocenters. The summed E-state index contributed by atoms with van der Waals surface area (Å²) in [6.07, 6.45) is 1.66. The van der Waals surface area contributed by atoms with Gasteiger partial charge in [0.25, 0.3) is 0 Å². The lowest BCUT2D eigenvalue weighted by Gasteiger charge is -2.11. The molecule has 1 heterocycles. The highest BCUT2D eigenvalue weighted by Crippen LogP contribution is 2.28. The maximum Gasteiger partial charge on any atom is 0.101 e. The molecule has 0 radical (unpaired) electrons. The summed E-state index contributed by atoms with van der Waals surface area (Å²) in [7, 11) is 0. The molecule has 1 aromatic heterocycles. The van der Waals surface area contributed by atoms with Gasteiger partial charge in [-0.15, -0.1) is 0 Å². The average molecular weight is 275 g/mol. The second kappa shape index (κ2) is 4.23. The van der Waals surface area contributed by atoms with Crippen LogP contribution in [0, 0.1) is 11.3 Å². The van der Waals surface area contributed by atoms with Gasteiger partial charge >= 0.3 is 0 Å². The van der Waals surface area contributed by atoms with Crippen LogP contribution in [0.2, 0.25) is 0 Å². The van der Waals surface area contributed by atoms with Gasteiger partial charge < -0.3 is 0 Å². The number of pyridine rings is 1. The topological polar surface area (TPSA) is 36.7 Å². The second-order valence-electron chi connectivity index (χ2n) is 4.01. The first-order chi connectivity index (χ1) is 7.63. The molecule has 0 N–H and O–H groups in total. The fourth-order valence-electron chi connectivity index (χ4n) is 1.90. The molecule has 16 heavy (non-hydrogen) atoms. The van der Waals surface area contributed by atoms with E-state index in [0.29, 0.717) is 11.5 Å². The van der Waals surface area contributed by atoms with Crippen molar-refractivity contribution in [3.05, 3.63) is 40.0 Å². The van der Waals surface area contributed by atoms with Crippen LogP contribution in [0.15, 0.2) is 28.9 Å². The van der Waals surface area contributed by atoms with Crippen LogP contribution in [0.25, 0.3) is 10.9 Å². The molecule has 3 heteroatoms. The molecule has 80 valence electrons. The third-order valence-corrected chi connectivity index (χ3v) is 3.06. The summed E-state index contributed by atoms with van der Waals surface area (Å²) in [6.45, 7) is 4.19. The minimum absolute atomic E-state index is 0.321. The number of hydrogen-bond donors (Lipinski definition) is 0. The van der Waals surface area contributed by atoms with Crippen molar-refractivity contribution in [3.8, 4) is 6.07 Å². The Morgan fingerprint density at radius 2 is 2.12 bits per heavy atom. The standard InChI is InChI=1S/C13H11BrN2/c1-8(2)13-9(6-15)7-16-12-5-10(14)3-4-11(12)13/h3-5,7-8H,1-2H3. The van der Waals surface area contributed by atoms with Gasteiger partial charge in [-0.25, -0.2) is 0 Å². The van der Waals surface area contributed by atoms with E-state index in [4.69, 9.17) is 5.26 Å². The molecule has 0 aliphatic heterocycles. The van der Waals surface area contributed by atoms with E-state index in [1.165, 1.54) is 0 Å². The first kappa shape index (κ1) is 11.1. The molecule has 1 aromatic carbocycles. The molecule has 2 nitrogen and oxygen atoms in total. The number of halogens is 1. The summed E-state index contributed by atoms with van der Waals surface area (Å²) in [5.41, 5.74) is 2.68. The average Bonchev–Trinajstić information content (AvgIpc) is 2.26. The molecule has 2 aromatic rings. The molecule has 0 bridgehead atoms. The lowest BCUT2D eigenvalue weighted by molar-refractivity contribution is 0.870. The Bertz CT molecular complexity index is 582. The molecule has 0 amide bonds. The van der Waals surface area contributed by atoms with Crippen molar-refractivity contribution >= 4 is 26.8 Å². The second-order valence-corrected chi connectivity index (χ2v) is 4.93. The van der Waals surface area contributed by atoms with Crippen molar-refractivity contribution in [3.63, 3.8) is 0 Å². The highest BCUT2D eigenvalue weighted by molar-refractivity contribution is 9.10. The van der Waals surface area contributed by atoms with E-state index in [1.54, 1.807) is 6.20 Å². The fraction of sp³-hybridized carbons (Fsp3) is 0.231. The number of nitrogens with zero attached hydrogens (tertiary/aromatic N) is 2. The van der Waals surface area contributed by atoms with E-state index < -0.39 is 0 Å². The molecule has 0 saturated heterocycles. The lowest BCUT2D eigenvalue weighted by atomic mass is 9.95. The van der Waals surface area contributed by atoms with Crippen LogP contribution in [-0.4, -0.2) is 4.98 Å². The van der Waals surface area contributed by atoms with Crippen molar-refractivity contribution in [1.29, 1.82) is 5.26 Å². The van der Waals surface area contributed by atoms with Gasteiger partial charge in [0.05, 0.1) is 11.1 Å². The summed E-state index contributed by atoms with van der Waals surface area (Å²) in [5.74, 6) is 0.321. The maximum absolute atomic E-state index is 9.08. The van der Waals surface area contributed by atoms with E-state index >= 15 is 0 Å². The number of hydrogen-bond acceptors (Lipinski definition) is 2. The minimum atomic E-state index is 0.321. The van der Waals surface area contributed by atoms with Gasteiger partial charge in [0, 0.05) is 16.1 Å². The molecule has 0 unspecified atom stereocenters.